The molecule has 5 heteroatoms. The molecule has 0 saturated carbocycles. The molecule has 5 nitrogen and oxygen atoms in total. The zero-order chi connectivity index (χ0) is 11.0. The second-order valence-electron chi connectivity index (χ2n) is 3.51. The first-order chi connectivity index (χ1) is 7.08. The van der Waals surface area contributed by atoms with Crippen LogP contribution in [-0.4, -0.2) is 14.8 Å². The van der Waals surface area contributed by atoms with Crippen LogP contribution >= 0.6 is 0 Å². The Hall–Kier alpha value is -2.04. The lowest BCUT2D eigenvalue weighted by Gasteiger charge is -2.01. The minimum absolute atomic E-state index is 0.380. The highest BCUT2D eigenvalue weighted by molar-refractivity contribution is 5.72. The van der Waals surface area contributed by atoms with Crippen LogP contribution in [0.3, 0.4) is 0 Å². The molecule has 1 aromatic heterocycles. The van der Waals surface area contributed by atoms with Gasteiger partial charge in [0.2, 0.25) is 5.95 Å². The largest absolute Gasteiger partial charge is 0.398 e. The first kappa shape index (κ1) is 9.51. The van der Waals surface area contributed by atoms with E-state index < -0.39 is 0 Å². The molecule has 0 aliphatic carbocycles. The Labute approximate surface area is 87.7 Å². The Bertz CT molecular complexity index is 481. The number of nitrogens with two attached hydrogens (primary N) is 2. The molecule has 0 amide bonds. The van der Waals surface area contributed by atoms with Gasteiger partial charge in [0.25, 0.3) is 0 Å². The van der Waals surface area contributed by atoms with Crippen LogP contribution in [0.2, 0.25) is 0 Å². The Morgan fingerprint density at radius 3 is 2.60 bits per heavy atom. The molecule has 0 aliphatic heterocycles. The average molecular weight is 203 g/mol. The standard InChI is InChI=1S/C10H13N5/c1-6-3-4-8(11)7(5-6)9-13-10(12)15(2)14-9/h3-5H,11H2,1-2H3,(H2,12,13,14). The van der Waals surface area contributed by atoms with Crippen LogP contribution in [0.1, 0.15) is 5.56 Å². The maximum Gasteiger partial charge on any atom is 0.218 e. The van der Waals surface area contributed by atoms with Crippen molar-refractivity contribution >= 4 is 11.6 Å². The predicted molar refractivity (Wildman–Crippen MR) is 60.0 cm³/mol. The summed E-state index contributed by atoms with van der Waals surface area (Å²) in [4.78, 5) is 4.13. The molecule has 0 saturated heterocycles. The molecular weight excluding hydrogens is 190 g/mol. The summed E-state index contributed by atoms with van der Waals surface area (Å²) in [6.07, 6.45) is 0. The van der Waals surface area contributed by atoms with Crippen molar-refractivity contribution in [2.24, 2.45) is 7.05 Å². The molecule has 15 heavy (non-hydrogen) atoms. The SMILES string of the molecule is Cc1ccc(N)c(-c2nc(N)n(C)n2)c1. The molecule has 1 heterocycles. The minimum Gasteiger partial charge on any atom is -0.398 e. The zero-order valence-corrected chi connectivity index (χ0v) is 8.73. The van der Waals surface area contributed by atoms with E-state index in [1.54, 1.807) is 7.05 Å². The molecule has 78 valence electrons. The summed E-state index contributed by atoms with van der Waals surface area (Å²) in [5.41, 5.74) is 14.1. The molecule has 0 unspecified atom stereocenters. The molecule has 1 aromatic carbocycles. The predicted octanol–water partition coefficient (Wildman–Crippen LogP) is 0.955. The minimum atomic E-state index is 0.380. The second-order valence-corrected chi connectivity index (χ2v) is 3.51. The van der Waals surface area contributed by atoms with E-state index in [-0.39, 0.29) is 0 Å². The Balaban J connectivity index is 2.58. The van der Waals surface area contributed by atoms with E-state index in [0.29, 0.717) is 17.5 Å². The van der Waals surface area contributed by atoms with Crippen LogP contribution in [0.4, 0.5) is 11.6 Å². The van der Waals surface area contributed by atoms with Gasteiger partial charge in [-0.15, -0.1) is 5.10 Å². The van der Waals surface area contributed by atoms with Gasteiger partial charge in [-0.05, 0) is 19.1 Å². The van der Waals surface area contributed by atoms with Crippen molar-refractivity contribution in [3.05, 3.63) is 23.8 Å². The van der Waals surface area contributed by atoms with Gasteiger partial charge in [0.15, 0.2) is 5.82 Å². The molecule has 4 N–H and O–H groups in total. The molecule has 2 aromatic rings. The maximum atomic E-state index is 5.85. The molecule has 0 aliphatic rings. The number of nitrogen functional groups attached to an aromatic ring is 2. The smallest absolute Gasteiger partial charge is 0.218 e. The first-order valence-corrected chi connectivity index (χ1v) is 4.61. The van der Waals surface area contributed by atoms with Crippen molar-refractivity contribution in [1.29, 1.82) is 0 Å². The third-order valence-corrected chi connectivity index (χ3v) is 2.25. The third kappa shape index (κ3) is 1.63. The van der Waals surface area contributed by atoms with Crippen LogP contribution in [0, 0.1) is 6.92 Å². The fourth-order valence-electron chi connectivity index (χ4n) is 1.37. The lowest BCUT2D eigenvalue weighted by Crippen LogP contribution is -1.97. The van der Waals surface area contributed by atoms with E-state index in [1.165, 1.54) is 4.68 Å². The average Bonchev–Trinajstić information content (AvgIpc) is 2.51. The lowest BCUT2D eigenvalue weighted by atomic mass is 10.1. The summed E-state index contributed by atoms with van der Waals surface area (Å²) in [5.74, 6) is 0.946. The molecule has 0 spiro atoms. The number of hydrogen-bond donors (Lipinski definition) is 2. The van der Waals surface area contributed by atoms with Crippen molar-refractivity contribution in [2.45, 2.75) is 6.92 Å². The van der Waals surface area contributed by atoms with Crippen LogP contribution in [0.15, 0.2) is 18.2 Å². The van der Waals surface area contributed by atoms with Crippen LogP contribution in [0.5, 0.6) is 0 Å². The maximum absolute atomic E-state index is 5.85. The highest BCUT2D eigenvalue weighted by Gasteiger charge is 2.09. The van der Waals surface area contributed by atoms with Crippen molar-refractivity contribution in [2.75, 3.05) is 11.5 Å². The second kappa shape index (κ2) is 3.27. The van der Waals surface area contributed by atoms with Gasteiger partial charge in [0.05, 0.1) is 0 Å². The molecule has 0 bridgehead atoms. The van der Waals surface area contributed by atoms with Gasteiger partial charge in [-0.1, -0.05) is 11.6 Å². The van der Waals surface area contributed by atoms with E-state index in [9.17, 15) is 0 Å². The Morgan fingerprint density at radius 1 is 1.27 bits per heavy atom. The molecular formula is C10H13N5. The van der Waals surface area contributed by atoms with Crippen molar-refractivity contribution in [3.63, 3.8) is 0 Å². The van der Waals surface area contributed by atoms with Crippen LogP contribution in [0.25, 0.3) is 11.4 Å². The van der Waals surface area contributed by atoms with E-state index in [0.717, 1.165) is 11.1 Å². The monoisotopic (exact) mass is 203 g/mol. The molecule has 0 fully saturated rings. The number of aryl methyl sites for hydroxylation is 2. The highest BCUT2D eigenvalue weighted by Crippen LogP contribution is 2.24. The van der Waals surface area contributed by atoms with E-state index in [4.69, 9.17) is 11.5 Å². The van der Waals surface area contributed by atoms with Crippen molar-refractivity contribution in [1.82, 2.24) is 14.8 Å². The quantitative estimate of drug-likeness (QED) is 0.676. The normalized spacial score (nSPS) is 10.5. The van der Waals surface area contributed by atoms with Gasteiger partial charge in [-0.2, -0.15) is 4.98 Å². The van der Waals surface area contributed by atoms with Gasteiger partial charge in [-0.25, -0.2) is 4.68 Å². The van der Waals surface area contributed by atoms with E-state index in [2.05, 4.69) is 10.1 Å². The van der Waals surface area contributed by atoms with Gasteiger partial charge >= 0.3 is 0 Å². The number of benzene rings is 1. The number of aromatic nitrogens is 3. The third-order valence-electron chi connectivity index (χ3n) is 2.25. The van der Waals surface area contributed by atoms with E-state index >= 15 is 0 Å². The summed E-state index contributed by atoms with van der Waals surface area (Å²) in [6.45, 7) is 2.00. The van der Waals surface area contributed by atoms with Crippen molar-refractivity contribution < 1.29 is 0 Å². The Kier molecular flexibility index (Phi) is 2.07. The number of hydrogen-bond acceptors (Lipinski definition) is 4. The summed E-state index contributed by atoms with van der Waals surface area (Å²) >= 11 is 0. The van der Waals surface area contributed by atoms with Gasteiger partial charge in [-0.3, -0.25) is 0 Å². The number of anilines is 2. The highest BCUT2D eigenvalue weighted by atomic mass is 15.4. The van der Waals surface area contributed by atoms with Gasteiger partial charge < -0.3 is 11.5 Å². The van der Waals surface area contributed by atoms with Crippen LogP contribution < -0.4 is 11.5 Å². The topological polar surface area (TPSA) is 82.7 Å². The first-order valence-electron chi connectivity index (χ1n) is 4.61. The Morgan fingerprint density at radius 2 is 2.00 bits per heavy atom. The van der Waals surface area contributed by atoms with E-state index in [1.807, 2.05) is 25.1 Å². The summed E-state index contributed by atoms with van der Waals surface area (Å²) in [7, 11) is 1.75. The van der Waals surface area contributed by atoms with Gasteiger partial charge in [0, 0.05) is 18.3 Å². The molecule has 2 rings (SSSR count). The van der Waals surface area contributed by atoms with Crippen LogP contribution in [-0.2, 0) is 7.05 Å². The van der Waals surface area contributed by atoms with Gasteiger partial charge in [0.1, 0.15) is 0 Å². The summed E-state index contributed by atoms with van der Waals surface area (Å²) in [5, 5.41) is 4.18. The fourth-order valence-corrected chi connectivity index (χ4v) is 1.37. The summed E-state index contributed by atoms with van der Waals surface area (Å²) in [6, 6.07) is 5.74. The zero-order valence-electron chi connectivity index (χ0n) is 8.73. The lowest BCUT2D eigenvalue weighted by molar-refractivity contribution is 0.781. The molecule has 0 atom stereocenters. The fraction of sp³-hybridized carbons (Fsp3) is 0.200. The summed E-state index contributed by atoms with van der Waals surface area (Å²) < 4.78 is 1.52. The van der Waals surface area contributed by atoms with Crippen molar-refractivity contribution in [3.8, 4) is 11.4 Å². The number of nitrogens with zero attached hydrogens (tertiary/aromatic N) is 3. The molecule has 0 radical (unpaired) electrons. The number of rotatable bonds is 1.